The number of nitrogens with zero attached hydrogens (tertiary/aromatic N) is 2. The van der Waals surface area contributed by atoms with E-state index in [-0.39, 0.29) is 5.41 Å². The monoisotopic (exact) mass is 266 g/mol. The van der Waals surface area contributed by atoms with Crippen LogP contribution < -0.4 is 0 Å². The van der Waals surface area contributed by atoms with E-state index in [2.05, 4.69) is 9.55 Å². The van der Waals surface area contributed by atoms with Gasteiger partial charge in [0.1, 0.15) is 0 Å². The van der Waals surface area contributed by atoms with Gasteiger partial charge < -0.3 is 9.67 Å². The number of thioether (sulfide) groups is 1. The summed E-state index contributed by atoms with van der Waals surface area (Å²) in [5.74, 6) is 1.27. The quantitative estimate of drug-likeness (QED) is 0.824. The highest BCUT2D eigenvalue weighted by Gasteiger charge is 2.44. The van der Waals surface area contributed by atoms with E-state index in [1.807, 2.05) is 24.3 Å². The SMILES string of the molecule is O=C(O)CC1(CSCc2cncn2C2CC2)CC1. The molecule has 98 valence electrons. The van der Waals surface area contributed by atoms with Crippen molar-refractivity contribution in [1.82, 2.24) is 9.55 Å². The van der Waals surface area contributed by atoms with Crippen LogP contribution in [-0.2, 0) is 10.5 Å². The first kappa shape index (κ1) is 12.1. The minimum atomic E-state index is -0.656. The van der Waals surface area contributed by atoms with Gasteiger partial charge in [0.2, 0.25) is 0 Å². The smallest absolute Gasteiger partial charge is 0.303 e. The van der Waals surface area contributed by atoms with E-state index in [0.29, 0.717) is 12.5 Å². The predicted octanol–water partition coefficient (Wildman–Crippen LogP) is 2.71. The van der Waals surface area contributed by atoms with Crippen molar-refractivity contribution in [3.05, 3.63) is 18.2 Å². The van der Waals surface area contributed by atoms with Gasteiger partial charge in [-0.05, 0) is 36.9 Å². The van der Waals surface area contributed by atoms with Gasteiger partial charge in [0.15, 0.2) is 0 Å². The largest absolute Gasteiger partial charge is 0.481 e. The van der Waals surface area contributed by atoms with Gasteiger partial charge in [-0.2, -0.15) is 11.8 Å². The molecule has 1 aromatic heterocycles. The highest BCUT2D eigenvalue weighted by atomic mass is 32.2. The first-order valence-electron chi connectivity index (χ1n) is 6.49. The minimum Gasteiger partial charge on any atom is -0.481 e. The lowest BCUT2D eigenvalue weighted by Gasteiger charge is -2.12. The zero-order chi connectivity index (χ0) is 12.6. The van der Waals surface area contributed by atoms with E-state index >= 15 is 0 Å². The average Bonchev–Trinajstić information content (AvgIpc) is 3.22. The van der Waals surface area contributed by atoms with Crippen molar-refractivity contribution in [2.75, 3.05) is 5.75 Å². The van der Waals surface area contributed by atoms with Crippen molar-refractivity contribution in [2.24, 2.45) is 5.41 Å². The van der Waals surface area contributed by atoms with Crippen LogP contribution in [0.2, 0.25) is 0 Å². The van der Waals surface area contributed by atoms with Gasteiger partial charge in [0, 0.05) is 23.7 Å². The fraction of sp³-hybridized carbons (Fsp3) is 0.692. The molecule has 0 amide bonds. The van der Waals surface area contributed by atoms with E-state index in [1.165, 1.54) is 18.5 Å². The molecule has 0 spiro atoms. The summed E-state index contributed by atoms with van der Waals surface area (Å²) in [4.78, 5) is 15.0. The molecule has 4 nitrogen and oxygen atoms in total. The maximum Gasteiger partial charge on any atom is 0.303 e. The Balaban J connectivity index is 1.49. The van der Waals surface area contributed by atoms with Crippen LogP contribution in [0.3, 0.4) is 0 Å². The number of imidazole rings is 1. The molecule has 1 heterocycles. The molecule has 0 radical (unpaired) electrons. The number of hydrogen-bond acceptors (Lipinski definition) is 3. The van der Waals surface area contributed by atoms with Gasteiger partial charge in [-0.15, -0.1) is 0 Å². The number of carboxylic acid groups (broad SMARTS) is 1. The van der Waals surface area contributed by atoms with Crippen LogP contribution in [0.1, 0.15) is 43.8 Å². The Bertz CT molecular complexity index is 450. The molecule has 1 N–H and O–H groups in total. The zero-order valence-corrected chi connectivity index (χ0v) is 11.2. The standard InChI is InChI=1S/C13H18N2O2S/c16-12(17)5-13(3-4-13)8-18-7-11-6-14-9-15(11)10-1-2-10/h6,9-10H,1-5,7-8H2,(H,16,17). The molecule has 0 bridgehead atoms. The van der Waals surface area contributed by atoms with E-state index in [4.69, 9.17) is 5.11 Å². The van der Waals surface area contributed by atoms with Crippen LogP contribution in [0.25, 0.3) is 0 Å². The van der Waals surface area contributed by atoms with E-state index in [1.54, 1.807) is 0 Å². The van der Waals surface area contributed by atoms with Crippen molar-refractivity contribution in [3.8, 4) is 0 Å². The minimum absolute atomic E-state index is 0.0981. The molecule has 0 aromatic carbocycles. The maximum atomic E-state index is 10.8. The molecule has 3 rings (SSSR count). The first-order chi connectivity index (χ1) is 8.69. The molecule has 2 saturated carbocycles. The lowest BCUT2D eigenvalue weighted by molar-refractivity contribution is -0.138. The van der Waals surface area contributed by atoms with Crippen LogP contribution in [0.5, 0.6) is 0 Å². The Morgan fingerprint density at radius 2 is 2.33 bits per heavy atom. The zero-order valence-electron chi connectivity index (χ0n) is 10.3. The number of carbonyl (C=O) groups is 1. The van der Waals surface area contributed by atoms with Crippen molar-refractivity contribution < 1.29 is 9.90 Å². The third-order valence-electron chi connectivity index (χ3n) is 3.83. The predicted molar refractivity (Wildman–Crippen MR) is 70.6 cm³/mol. The third-order valence-corrected chi connectivity index (χ3v) is 5.14. The summed E-state index contributed by atoms with van der Waals surface area (Å²) in [6, 6.07) is 0.678. The highest BCUT2D eigenvalue weighted by molar-refractivity contribution is 7.98. The highest BCUT2D eigenvalue weighted by Crippen LogP contribution is 2.51. The summed E-state index contributed by atoms with van der Waals surface area (Å²) in [5, 5.41) is 8.87. The number of carboxylic acids is 1. The van der Waals surface area contributed by atoms with Gasteiger partial charge in [0.05, 0.1) is 12.7 Å². The Morgan fingerprint density at radius 3 is 2.94 bits per heavy atom. The molecular formula is C13H18N2O2S. The van der Waals surface area contributed by atoms with E-state index < -0.39 is 5.97 Å². The first-order valence-corrected chi connectivity index (χ1v) is 7.64. The summed E-state index contributed by atoms with van der Waals surface area (Å²) in [7, 11) is 0. The molecule has 5 heteroatoms. The summed E-state index contributed by atoms with van der Waals surface area (Å²) >= 11 is 1.86. The van der Waals surface area contributed by atoms with Gasteiger partial charge in [0.25, 0.3) is 0 Å². The Labute approximate surface area is 111 Å². The van der Waals surface area contributed by atoms with Crippen LogP contribution in [0, 0.1) is 5.41 Å². The molecule has 0 saturated heterocycles. The molecule has 18 heavy (non-hydrogen) atoms. The van der Waals surface area contributed by atoms with Crippen LogP contribution >= 0.6 is 11.8 Å². The van der Waals surface area contributed by atoms with E-state index in [0.717, 1.165) is 24.3 Å². The second-order valence-electron chi connectivity index (χ2n) is 5.59. The van der Waals surface area contributed by atoms with E-state index in [9.17, 15) is 4.79 Å². The molecule has 0 aliphatic heterocycles. The van der Waals surface area contributed by atoms with Gasteiger partial charge >= 0.3 is 5.97 Å². The summed E-state index contributed by atoms with van der Waals surface area (Å²) in [5.41, 5.74) is 1.38. The second-order valence-corrected chi connectivity index (χ2v) is 6.57. The molecule has 0 atom stereocenters. The van der Waals surface area contributed by atoms with Crippen LogP contribution in [0.15, 0.2) is 12.5 Å². The lowest BCUT2D eigenvalue weighted by atomic mass is 10.1. The molecule has 0 unspecified atom stereocenters. The number of rotatable bonds is 7. The van der Waals surface area contributed by atoms with Crippen molar-refractivity contribution in [2.45, 2.75) is 43.9 Å². The van der Waals surface area contributed by atoms with Gasteiger partial charge in [-0.3, -0.25) is 4.79 Å². The Morgan fingerprint density at radius 1 is 1.56 bits per heavy atom. The van der Waals surface area contributed by atoms with Crippen molar-refractivity contribution in [3.63, 3.8) is 0 Å². The Kier molecular flexibility index (Phi) is 3.09. The Hall–Kier alpha value is -0.970. The number of aromatic nitrogens is 2. The number of aliphatic carboxylic acids is 1. The average molecular weight is 266 g/mol. The van der Waals surface area contributed by atoms with Crippen molar-refractivity contribution in [1.29, 1.82) is 0 Å². The van der Waals surface area contributed by atoms with Crippen LogP contribution in [0.4, 0.5) is 0 Å². The topological polar surface area (TPSA) is 55.1 Å². The summed E-state index contributed by atoms with van der Waals surface area (Å²) in [6.45, 7) is 0. The fourth-order valence-corrected chi connectivity index (χ4v) is 3.73. The second kappa shape index (κ2) is 4.61. The normalized spacial score (nSPS) is 20.9. The van der Waals surface area contributed by atoms with Crippen LogP contribution in [-0.4, -0.2) is 26.4 Å². The van der Waals surface area contributed by atoms with Crippen molar-refractivity contribution >= 4 is 17.7 Å². The van der Waals surface area contributed by atoms with Gasteiger partial charge in [-0.1, -0.05) is 0 Å². The third kappa shape index (κ3) is 2.71. The lowest BCUT2D eigenvalue weighted by Crippen LogP contribution is -2.11. The molecule has 2 fully saturated rings. The fourth-order valence-electron chi connectivity index (χ4n) is 2.37. The van der Waals surface area contributed by atoms with Gasteiger partial charge in [-0.25, -0.2) is 4.98 Å². The summed E-state index contributed by atoms with van der Waals surface area (Å²) < 4.78 is 2.28. The summed E-state index contributed by atoms with van der Waals surface area (Å²) in [6.07, 6.45) is 8.91. The molecular weight excluding hydrogens is 248 g/mol. The molecule has 1 aromatic rings. The number of hydrogen-bond donors (Lipinski definition) is 1. The maximum absolute atomic E-state index is 10.8. The molecule has 2 aliphatic rings. The molecule has 2 aliphatic carbocycles.